The van der Waals surface area contributed by atoms with E-state index in [4.69, 9.17) is 5.73 Å². The lowest BCUT2D eigenvalue weighted by molar-refractivity contribution is 0.410. The molecule has 0 saturated heterocycles. The second-order valence-corrected chi connectivity index (χ2v) is 4.87. The summed E-state index contributed by atoms with van der Waals surface area (Å²) in [6.07, 6.45) is 2.35. The Morgan fingerprint density at radius 1 is 1.31 bits per heavy atom. The summed E-state index contributed by atoms with van der Waals surface area (Å²) in [5.74, 6) is 0.637. The first kappa shape index (κ1) is 10.7. The van der Waals surface area contributed by atoms with Crippen LogP contribution in [0.2, 0.25) is 0 Å². The van der Waals surface area contributed by atoms with Gasteiger partial charge in [-0.05, 0) is 25.0 Å². The summed E-state index contributed by atoms with van der Waals surface area (Å²) >= 11 is 1.83. The molecule has 1 nitrogen and oxygen atoms in total. The van der Waals surface area contributed by atoms with E-state index in [1.807, 2.05) is 11.3 Å². The molecule has 0 bridgehead atoms. The van der Waals surface area contributed by atoms with Crippen LogP contribution in [-0.4, -0.2) is 0 Å². The predicted octanol–water partition coefficient (Wildman–Crippen LogP) is 3.49. The van der Waals surface area contributed by atoms with Crippen LogP contribution in [0.5, 0.6) is 0 Å². The van der Waals surface area contributed by atoms with Crippen LogP contribution in [0.4, 0.5) is 0 Å². The van der Waals surface area contributed by atoms with E-state index in [1.54, 1.807) is 0 Å². The van der Waals surface area contributed by atoms with Crippen molar-refractivity contribution in [3.63, 3.8) is 0 Å². The molecule has 1 aromatic rings. The zero-order valence-electron chi connectivity index (χ0n) is 8.71. The average Bonchev–Trinajstić information content (AvgIpc) is 2.54. The highest BCUT2D eigenvalue weighted by molar-refractivity contribution is 7.12. The van der Waals surface area contributed by atoms with Crippen molar-refractivity contribution in [2.45, 2.75) is 39.7 Å². The Bertz CT molecular complexity index is 250. The van der Waals surface area contributed by atoms with Crippen LogP contribution in [0.3, 0.4) is 0 Å². The fourth-order valence-corrected chi connectivity index (χ4v) is 2.63. The van der Waals surface area contributed by atoms with Gasteiger partial charge in [-0.3, -0.25) is 0 Å². The monoisotopic (exact) mass is 197 g/mol. The van der Waals surface area contributed by atoms with Crippen LogP contribution >= 0.6 is 11.3 Å². The third kappa shape index (κ3) is 2.55. The Hall–Kier alpha value is -0.340. The molecule has 1 aromatic heterocycles. The highest BCUT2D eigenvalue weighted by atomic mass is 32.1. The van der Waals surface area contributed by atoms with Gasteiger partial charge in [-0.25, -0.2) is 0 Å². The lowest BCUT2D eigenvalue weighted by Gasteiger charge is -2.19. The van der Waals surface area contributed by atoms with Gasteiger partial charge in [0.2, 0.25) is 0 Å². The van der Waals surface area contributed by atoms with E-state index >= 15 is 0 Å². The van der Waals surface area contributed by atoms with Crippen LogP contribution in [0.15, 0.2) is 12.1 Å². The van der Waals surface area contributed by atoms with Crippen molar-refractivity contribution < 1.29 is 0 Å². The van der Waals surface area contributed by atoms with Gasteiger partial charge in [-0.2, -0.15) is 0 Å². The smallest absolute Gasteiger partial charge is 0.0418 e. The molecule has 0 spiro atoms. The minimum atomic E-state index is 0.244. The van der Waals surface area contributed by atoms with Crippen LogP contribution in [-0.2, 0) is 0 Å². The molecule has 0 aliphatic carbocycles. The molecule has 0 fully saturated rings. The quantitative estimate of drug-likeness (QED) is 0.785. The van der Waals surface area contributed by atoms with Crippen molar-refractivity contribution in [1.82, 2.24) is 0 Å². The molecule has 0 radical (unpaired) electrons. The standard InChI is InChI=1S/C11H19NS/c1-4-9(5-2)11(12)10-7-6-8(3)13-10/h6-7,9,11H,4-5,12H2,1-3H3. The summed E-state index contributed by atoms with van der Waals surface area (Å²) in [6, 6.07) is 4.57. The fourth-order valence-electron chi connectivity index (χ4n) is 1.66. The van der Waals surface area contributed by atoms with Crippen molar-refractivity contribution in [3.05, 3.63) is 21.9 Å². The lowest BCUT2D eigenvalue weighted by Crippen LogP contribution is -2.19. The second kappa shape index (κ2) is 4.77. The molecule has 1 heterocycles. The average molecular weight is 197 g/mol. The maximum atomic E-state index is 6.18. The lowest BCUT2D eigenvalue weighted by atomic mass is 9.94. The van der Waals surface area contributed by atoms with Crippen LogP contribution < -0.4 is 5.73 Å². The Balaban J connectivity index is 2.71. The van der Waals surface area contributed by atoms with E-state index in [1.165, 1.54) is 22.6 Å². The predicted molar refractivity (Wildman–Crippen MR) is 60.1 cm³/mol. The molecule has 0 aliphatic rings. The van der Waals surface area contributed by atoms with Crippen LogP contribution in [0.1, 0.15) is 42.5 Å². The summed E-state index contributed by atoms with van der Waals surface area (Å²) in [5, 5.41) is 0. The Morgan fingerprint density at radius 3 is 2.31 bits per heavy atom. The number of aryl methyl sites for hydroxylation is 1. The minimum absolute atomic E-state index is 0.244. The zero-order chi connectivity index (χ0) is 9.84. The van der Waals surface area contributed by atoms with Crippen molar-refractivity contribution >= 4 is 11.3 Å². The van der Waals surface area contributed by atoms with E-state index in [2.05, 4.69) is 32.9 Å². The third-order valence-electron chi connectivity index (χ3n) is 2.65. The first-order valence-electron chi connectivity index (χ1n) is 5.00. The van der Waals surface area contributed by atoms with Gasteiger partial charge >= 0.3 is 0 Å². The van der Waals surface area contributed by atoms with Crippen molar-refractivity contribution in [2.75, 3.05) is 0 Å². The first-order chi connectivity index (χ1) is 6.19. The number of hydrogen-bond acceptors (Lipinski definition) is 2. The highest BCUT2D eigenvalue weighted by Crippen LogP contribution is 2.29. The molecule has 13 heavy (non-hydrogen) atoms. The SMILES string of the molecule is CCC(CC)C(N)c1ccc(C)s1. The maximum Gasteiger partial charge on any atom is 0.0418 e. The van der Waals surface area contributed by atoms with E-state index in [9.17, 15) is 0 Å². The van der Waals surface area contributed by atoms with Gasteiger partial charge in [0.05, 0.1) is 0 Å². The molecular formula is C11H19NS. The Morgan fingerprint density at radius 2 is 1.92 bits per heavy atom. The Labute approximate surface area is 85.0 Å². The van der Waals surface area contributed by atoms with Gasteiger partial charge in [0.25, 0.3) is 0 Å². The summed E-state index contributed by atoms with van der Waals surface area (Å²) in [6.45, 7) is 6.57. The summed E-state index contributed by atoms with van der Waals surface area (Å²) in [7, 11) is 0. The molecule has 0 saturated carbocycles. The number of thiophene rings is 1. The van der Waals surface area contributed by atoms with Crippen LogP contribution in [0, 0.1) is 12.8 Å². The summed E-state index contributed by atoms with van der Waals surface area (Å²) in [5.41, 5.74) is 6.18. The fraction of sp³-hybridized carbons (Fsp3) is 0.636. The first-order valence-corrected chi connectivity index (χ1v) is 5.82. The van der Waals surface area contributed by atoms with Gasteiger partial charge in [-0.1, -0.05) is 26.7 Å². The van der Waals surface area contributed by atoms with Gasteiger partial charge in [0, 0.05) is 15.8 Å². The molecule has 2 N–H and O–H groups in total. The van der Waals surface area contributed by atoms with Gasteiger partial charge in [0.15, 0.2) is 0 Å². The molecule has 1 atom stereocenters. The molecule has 0 amide bonds. The van der Waals surface area contributed by atoms with E-state index in [0.29, 0.717) is 5.92 Å². The number of hydrogen-bond donors (Lipinski definition) is 1. The maximum absolute atomic E-state index is 6.18. The van der Waals surface area contributed by atoms with Crippen molar-refractivity contribution in [1.29, 1.82) is 0 Å². The molecular weight excluding hydrogens is 178 g/mol. The molecule has 74 valence electrons. The molecule has 0 aliphatic heterocycles. The zero-order valence-corrected chi connectivity index (χ0v) is 9.53. The summed E-state index contributed by atoms with van der Waals surface area (Å²) < 4.78 is 0. The summed E-state index contributed by atoms with van der Waals surface area (Å²) in [4.78, 5) is 2.70. The van der Waals surface area contributed by atoms with Crippen LogP contribution in [0.25, 0.3) is 0 Å². The Kier molecular flexibility index (Phi) is 3.94. The van der Waals surface area contributed by atoms with Crippen molar-refractivity contribution in [3.8, 4) is 0 Å². The molecule has 1 unspecified atom stereocenters. The van der Waals surface area contributed by atoms with Gasteiger partial charge in [-0.15, -0.1) is 11.3 Å². The minimum Gasteiger partial charge on any atom is -0.323 e. The van der Waals surface area contributed by atoms with Gasteiger partial charge in [0.1, 0.15) is 0 Å². The normalized spacial score (nSPS) is 13.6. The van der Waals surface area contributed by atoms with E-state index in [-0.39, 0.29) is 6.04 Å². The number of nitrogens with two attached hydrogens (primary N) is 1. The van der Waals surface area contributed by atoms with Gasteiger partial charge < -0.3 is 5.73 Å². The van der Waals surface area contributed by atoms with Crippen molar-refractivity contribution in [2.24, 2.45) is 11.7 Å². The van der Waals surface area contributed by atoms with E-state index < -0.39 is 0 Å². The number of rotatable bonds is 4. The third-order valence-corrected chi connectivity index (χ3v) is 3.75. The highest BCUT2D eigenvalue weighted by Gasteiger charge is 2.16. The molecule has 2 heteroatoms. The second-order valence-electron chi connectivity index (χ2n) is 3.55. The molecule has 0 aromatic carbocycles. The topological polar surface area (TPSA) is 26.0 Å². The van der Waals surface area contributed by atoms with E-state index in [0.717, 1.165) is 0 Å². The largest absolute Gasteiger partial charge is 0.323 e. The molecule has 1 rings (SSSR count).